The van der Waals surface area contributed by atoms with Crippen LogP contribution in [0.3, 0.4) is 0 Å². The van der Waals surface area contributed by atoms with Crippen molar-refractivity contribution in [3.63, 3.8) is 0 Å². The second kappa shape index (κ2) is 2.83. The highest BCUT2D eigenvalue weighted by molar-refractivity contribution is 9.12. The van der Waals surface area contributed by atoms with Gasteiger partial charge in [-0.05, 0) is 34.2 Å². The molecule has 0 radical (unpaired) electrons. The smallest absolute Gasteiger partial charge is 0.129 e. The molecule has 2 nitrogen and oxygen atoms in total. The number of nitrogens with zero attached hydrogens (tertiary/aromatic N) is 1. The van der Waals surface area contributed by atoms with Gasteiger partial charge in [0.05, 0.1) is 10.2 Å². The monoisotopic (exact) mass is 225 g/mol. The Morgan fingerprint density at radius 2 is 2.25 bits per heavy atom. The highest BCUT2D eigenvalue weighted by Gasteiger charge is 2.17. The Hall–Kier alpha value is -0.960. The van der Waals surface area contributed by atoms with Crippen LogP contribution < -0.4 is 0 Å². The quantitative estimate of drug-likeness (QED) is 0.685. The van der Waals surface area contributed by atoms with Crippen molar-refractivity contribution in [2.75, 3.05) is 6.54 Å². The first-order valence-electron chi connectivity index (χ1n) is 3.70. The number of aliphatic hydroxyl groups excluding tert-OH is 1. The molecule has 0 amide bonds. The summed E-state index contributed by atoms with van der Waals surface area (Å²) in [5.41, 5.74) is 1.01. The van der Waals surface area contributed by atoms with E-state index in [0.717, 1.165) is 16.7 Å². The maximum Gasteiger partial charge on any atom is 0.129 e. The van der Waals surface area contributed by atoms with E-state index in [9.17, 15) is 5.11 Å². The van der Waals surface area contributed by atoms with Crippen LogP contribution in [0.2, 0.25) is 0 Å². The molecular formula is C9H8BrNO. The molecule has 0 aromatic carbocycles. The van der Waals surface area contributed by atoms with E-state index in [-0.39, 0.29) is 0 Å². The Bertz CT molecular complexity index is 325. The van der Waals surface area contributed by atoms with Gasteiger partial charge in [0, 0.05) is 12.7 Å². The van der Waals surface area contributed by atoms with E-state index >= 15 is 0 Å². The van der Waals surface area contributed by atoms with Crippen molar-refractivity contribution in [1.29, 1.82) is 0 Å². The van der Waals surface area contributed by atoms with Crippen LogP contribution in [0, 0.1) is 0 Å². The molecule has 12 heavy (non-hydrogen) atoms. The molecule has 3 heteroatoms. The molecule has 2 rings (SSSR count). The molecule has 0 saturated heterocycles. The molecule has 0 aromatic rings. The van der Waals surface area contributed by atoms with Gasteiger partial charge >= 0.3 is 0 Å². The van der Waals surface area contributed by atoms with E-state index in [2.05, 4.69) is 20.8 Å². The Morgan fingerprint density at radius 3 is 3.08 bits per heavy atom. The molecule has 0 saturated carbocycles. The van der Waals surface area contributed by atoms with Crippen LogP contribution in [0.25, 0.3) is 0 Å². The van der Waals surface area contributed by atoms with E-state index in [1.807, 2.05) is 24.4 Å². The summed E-state index contributed by atoms with van der Waals surface area (Å²) in [6.45, 7) is 0.733. The third-order valence-electron chi connectivity index (χ3n) is 1.87. The summed E-state index contributed by atoms with van der Waals surface area (Å²) in [6.07, 6.45) is 9.65. The van der Waals surface area contributed by atoms with Gasteiger partial charge in [-0.2, -0.15) is 0 Å². The molecule has 0 atom stereocenters. The van der Waals surface area contributed by atoms with Gasteiger partial charge in [0.2, 0.25) is 0 Å². The fourth-order valence-electron chi connectivity index (χ4n) is 1.24. The SMILES string of the molecule is OC1=CCN2C=CC=CC2=C1Br. The van der Waals surface area contributed by atoms with Gasteiger partial charge in [-0.3, -0.25) is 0 Å². The lowest BCUT2D eigenvalue weighted by molar-refractivity contribution is 0.403. The van der Waals surface area contributed by atoms with Gasteiger partial charge in [0.1, 0.15) is 5.76 Å². The fraction of sp³-hybridized carbons (Fsp3) is 0.111. The molecule has 0 aromatic heterocycles. The zero-order valence-corrected chi connectivity index (χ0v) is 7.95. The van der Waals surface area contributed by atoms with Crippen LogP contribution in [0.15, 0.2) is 46.4 Å². The van der Waals surface area contributed by atoms with Crippen LogP contribution in [0.4, 0.5) is 0 Å². The number of halogens is 1. The summed E-state index contributed by atoms with van der Waals surface area (Å²) >= 11 is 3.33. The van der Waals surface area contributed by atoms with Crippen molar-refractivity contribution >= 4 is 15.9 Å². The third-order valence-corrected chi connectivity index (χ3v) is 2.68. The summed E-state index contributed by atoms with van der Waals surface area (Å²) in [5.74, 6) is 0.321. The van der Waals surface area contributed by atoms with Crippen LogP contribution in [-0.4, -0.2) is 16.6 Å². The molecule has 62 valence electrons. The van der Waals surface area contributed by atoms with E-state index < -0.39 is 0 Å². The molecular weight excluding hydrogens is 218 g/mol. The van der Waals surface area contributed by atoms with Crippen molar-refractivity contribution < 1.29 is 5.11 Å². The molecule has 0 bridgehead atoms. The Labute approximate surface area is 79.3 Å². The number of allylic oxidation sites excluding steroid dienone is 4. The van der Waals surface area contributed by atoms with Gasteiger partial charge in [-0.1, -0.05) is 6.08 Å². The predicted octanol–water partition coefficient (Wildman–Crippen LogP) is 2.43. The number of hydrogen-bond acceptors (Lipinski definition) is 2. The third kappa shape index (κ3) is 1.10. The maximum atomic E-state index is 9.39. The zero-order valence-electron chi connectivity index (χ0n) is 6.37. The highest BCUT2D eigenvalue weighted by atomic mass is 79.9. The summed E-state index contributed by atoms with van der Waals surface area (Å²) in [6, 6.07) is 0. The maximum absolute atomic E-state index is 9.39. The second-order valence-corrected chi connectivity index (χ2v) is 3.43. The topological polar surface area (TPSA) is 23.5 Å². The van der Waals surface area contributed by atoms with Gasteiger partial charge in [0.25, 0.3) is 0 Å². The molecule has 0 unspecified atom stereocenters. The van der Waals surface area contributed by atoms with E-state index in [0.29, 0.717) is 5.76 Å². The van der Waals surface area contributed by atoms with Crippen LogP contribution >= 0.6 is 15.9 Å². The summed E-state index contributed by atoms with van der Waals surface area (Å²) < 4.78 is 0.759. The normalized spacial score (nSPS) is 21.1. The Kier molecular flexibility index (Phi) is 1.81. The average molecular weight is 226 g/mol. The molecule has 2 aliphatic heterocycles. The van der Waals surface area contributed by atoms with Gasteiger partial charge in [-0.15, -0.1) is 0 Å². The fourth-order valence-corrected chi connectivity index (χ4v) is 1.76. The molecule has 1 N–H and O–H groups in total. The Balaban J connectivity index is 2.45. The van der Waals surface area contributed by atoms with Gasteiger partial charge in [-0.25, -0.2) is 0 Å². The largest absolute Gasteiger partial charge is 0.507 e. The lowest BCUT2D eigenvalue weighted by Crippen LogP contribution is -2.21. The van der Waals surface area contributed by atoms with Crippen LogP contribution in [-0.2, 0) is 0 Å². The average Bonchev–Trinajstić information content (AvgIpc) is 2.12. The van der Waals surface area contributed by atoms with E-state index in [1.165, 1.54) is 0 Å². The number of rotatable bonds is 0. The van der Waals surface area contributed by atoms with Crippen molar-refractivity contribution in [1.82, 2.24) is 4.90 Å². The van der Waals surface area contributed by atoms with Gasteiger partial charge < -0.3 is 10.0 Å². The summed E-state index contributed by atoms with van der Waals surface area (Å²) in [4.78, 5) is 2.06. The molecule has 2 heterocycles. The first kappa shape index (κ1) is 7.68. The lowest BCUT2D eigenvalue weighted by Gasteiger charge is -2.26. The lowest BCUT2D eigenvalue weighted by atomic mass is 10.2. The van der Waals surface area contributed by atoms with Crippen molar-refractivity contribution in [2.24, 2.45) is 0 Å². The molecule has 0 aliphatic carbocycles. The molecule has 0 fully saturated rings. The zero-order chi connectivity index (χ0) is 8.55. The molecule has 0 spiro atoms. The minimum Gasteiger partial charge on any atom is -0.507 e. The standard InChI is InChI=1S/C9H8BrNO/c10-9-7-3-1-2-5-11(7)6-4-8(9)12/h1-5,12H,6H2. The first-order chi connectivity index (χ1) is 5.79. The highest BCUT2D eigenvalue weighted by Crippen LogP contribution is 2.28. The minimum absolute atomic E-state index is 0.321. The summed E-state index contributed by atoms with van der Waals surface area (Å²) in [5, 5.41) is 9.39. The predicted molar refractivity (Wildman–Crippen MR) is 51.7 cm³/mol. The number of hydrogen-bond donors (Lipinski definition) is 1. The van der Waals surface area contributed by atoms with E-state index in [4.69, 9.17) is 0 Å². The van der Waals surface area contributed by atoms with Crippen molar-refractivity contribution in [3.05, 3.63) is 46.4 Å². The Morgan fingerprint density at radius 1 is 1.42 bits per heavy atom. The van der Waals surface area contributed by atoms with Gasteiger partial charge in [0.15, 0.2) is 0 Å². The first-order valence-corrected chi connectivity index (χ1v) is 4.49. The van der Waals surface area contributed by atoms with Crippen LogP contribution in [0.1, 0.15) is 0 Å². The number of aliphatic hydroxyl groups is 1. The van der Waals surface area contributed by atoms with E-state index in [1.54, 1.807) is 6.08 Å². The van der Waals surface area contributed by atoms with Crippen LogP contribution in [0.5, 0.6) is 0 Å². The second-order valence-electron chi connectivity index (χ2n) is 2.64. The molecule has 2 aliphatic rings. The van der Waals surface area contributed by atoms with Crippen molar-refractivity contribution in [2.45, 2.75) is 0 Å². The van der Waals surface area contributed by atoms with Crippen molar-refractivity contribution in [3.8, 4) is 0 Å². The summed E-state index contributed by atoms with van der Waals surface area (Å²) in [7, 11) is 0. The number of fused-ring (bicyclic) bond motifs is 1. The minimum atomic E-state index is 0.321.